The highest BCUT2D eigenvalue weighted by Gasteiger charge is 2.04. The largest absolute Gasteiger partial charge is 0.494 e. The molecule has 0 aliphatic heterocycles. The average molecular weight is 332 g/mol. The Bertz CT molecular complexity index is 787. The topological polar surface area (TPSA) is 51.2 Å². The molecule has 1 N–H and O–H groups in total. The molecule has 0 fully saturated rings. The van der Waals surface area contributed by atoms with Gasteiger partial charge in [-0.3, -0.25) is 4.79 Å². The molecule has 0 saturated carbocycles. The first kappa shape index (κ1) is 16.7. The normalized spacial score (nSPS) is 10.2. The summed E-state index contributed by atoms with van der Waals surface area (Å²) in [6.07, 6.45) is 2.82. The highest BCUT2D eigenvalue weighted by molar-refractivity contribution is 5.89. The first-order valence-corrected chi connectivity index (χ1v) is 8.30. The minimum atomic E-state index is -0.0587. The lowest BCUT2D eigenvalue weighted by atomic mass is 10.1. The zero-order valence-electron chi connectivity index (χ0n) is 13.9. The van der Waals surface area contributed by atoms with Crippen LogP contribution in [0.1, 0.15) is 12.8 Å². The van der Waals surface area contributed by atoms with Crippen molar-refractivity contribution in [1.29, 1.82) is 0 Å². The lowest BCUT2D eigenvalue weighted by Gasteiger charge is -2.07. The summed E-state index contributed by atoms with van der Waals surface area (Å²) >= 11 is 0. The minimum Gasteiger partial charge on any atom is -0.494 e. The molecule has 1 amide bonds. The molecule has 0 spiro atoms. The van der Waals surface area contributed by atoms with Crippen molar-refractivity contribution >= 4 is 11.7 Å². The number of rotatable bonds is 7. The number of benzene rings is 2. The van der Waals surface area contributed by atoms with E-state index in [0.717, 1.165) is 16.9 Å². The summed E-state index contributed by atoms with van der Waals surface area (Å²) in [5.41, 5.74) is 2.13. The molecule has 2 aromatic carbocycles. The first-order chi connectivity index (χ1) is 12.3. The summed E-state index contributed by atoms with van der Waals surface area (Å²) in [6, 6.07) is 23.4. The van der Waals surface area contributed by atoms with Gasteiger partial charge in [0.2, 0.25) is 5.91 Å². The van der Waals surface area contributed by atoms with Crippen LogP contribution in [0.4, 0.5) is 5.82 Å². The van der Waals surface area contributed by atoms with Crippen LogP contribution in [0.3, 0.4) is 0 Å². The lowest BCUT2D eigenvalue weighted by molar-refractivity contribution is -0.116. The molecule has 1 heterocycles. The predicted molar refractivity (Wildman–Crippen MR) is 99.5 cm³/mol. The van der Waals surface area contributed by atoms with E-state index >= 15 is 0 Å². The van der Waals surface area contributed by atoms with Gasteiger partial charge in [-0.05, 0) is 36.2 Å². The highest BCUT2D eigenvalue weighted by Crippen LogP contribution is 2.19. The van der Waals surface area contributed by atoms with E-state index in [9.17, 15) is 4.79 Å². The zero-order valence-corrected chi connectivity index (χ0v) is 13.9. The maximum Gasteiger partial charge on any atom is 0.225 e. The van der Waals surface area contributed by atoms with Gasteiger partial charge in [0.05, 0.1) is 6.61 Å². The Morgan fingerprint density at radius 1 is 0.880 bits per heavy atom. The molecular weight excluding hydrogens is 312 g/mol. The van der Waals surface area contributed by atoms with Crippen LogP contribution < -0.4 is 10.1 Å². The van der Waals surface area contributed by atoms with E-state index in [2.05, 4.69) is 10.3 Å². The molecule has 3 rings (SSSR count). The third kappa shape index (κ3) is 5.18. The second kappa shape index (κ2) is 8.64. The van der Waals surface area contributed by atoms with Gasteiger partial charge in [0.15, 0.2) is 0 Å². The molecular formula is C21H20N2O2. The second-order valence-electron chi connectivity index (χ2n) is 5.61. The van der Waals surface area contributed by atoms with E-state index in [-0.39, 0.29) is 5.91 Å². The van der Waals surface area contributed by atoms with Gasteiger partial charge in [-0.1, -0.05) is 48.5 Å². The number of carbonyl (C=O) groups is 1. The molecule has 0 unspecified atom stereocenters. The van der Waals surface area contributed by atoms with Gasteiger partial charge in [-0.25, -0.2) is 4.98 Å². The Hall–Kier alpha value is -3.14. The van der Waals surface area contributed by atoms with Gasteiger partial charge in [-0.2, -0.15) is 0 Å². The summed E-state index contributed by atoms with van der Waals surface area (Å²) in [4.78, 5) is 16.3. The molecule has 0 aliphatic carbocycles. The smallest absolute Gasteiger partial charge is 0.225 e. The predicted octanol–water partition coefficient (Wildman–Crippen LogP) is 4.55. The fourth-order valence-corrected chi connectivity index (χ4v) is 2.41. The second-order valence-corrected chi connectivity index (χ2v) is 5.61. The number of nitrogens with one attached hydrogen (secondary N) is 1. The van der Waals surface area contributed by atoms with Gasteiger partial charge in [0.1, 0.15) is 11.6 Å². The summed E-state index contributed by atoms with van der Waals surface area (Å²) in [7, 11) is 0. The number of nitrogens with zero attached hydrogens (tertiary/aromatic N) is 1. The van der Waals surface area contributed by atoms with Crippen molar-refractivity contribution in [3.05, 3.63) is 79.0 Å². The number of anilines is 1. The molecule has 126 valence electrons. The van der Waals surface area contributed by atoms with Crippen LogP contribution >= 0.6 is 0 Å². The van der Waals surface area contributed by atoms with Gasteiger partial charge >= 0.3 is 0 Å². The van der Waals surface area contributed by atoms with Crippen molar-refractivity contribution in [3.63, 3.8) is 0 Å². The van der Waals surface area contributed by atoms with E-state index in [1.165, 1.54) is 0 Å². The van der Waals surface area contributed by atoms with Crippen LogP contribution in [-0.2, 0) is 4.79 Å². The molecule has 0 atom stereocenters. The fourth-order valence-electron chi connectivity index (χ4n) is 2.41. The van der Waals surface area contributed by atoms with Crippen molar-refractivity contribution in [2.75, 3.05) is 11.9 Å². The average Bonchev–Trinajstić information content (AvgIpc) is 2.67. The molecule has 0 aliphatic rings. The third-order valence-electron chi connectivity index (χ3n) is 3.70. The number of amides is 1. The number of para-hydroxylation sites is 1. The van der Waals surface area contributed by atoms with E-state index < -0.39 is 0 Å². The number of ether oxygens (including phenoxy) is 1. The summed E-state index contributed by atoms with van der Waals surface area (Å²) in [5, 5.41) is 2.81. The summed E-state index contributed by atoms with van der Waals surface area (Å²) in [6.45, 7) is 0.512. The Labute approximate surface area is 147 Å². The third-order valence-corrected chi connectivity index (χ3v) is 3.70. The summed E-state index contributed by atoms with van der Waals surface area (Å²) < 4.78 is 5.58. The van der Waals surface area contributed by atoms with Gasteiger partial charge < -0.3 is 10.1 Å². The van der Waals surface area contributed by atoms with Crippen molar-refractivity contribution < 1.29 is 9.53 Å². The molecule has 0 bridgehead atoms. The molecule has 0 radical (unpaired) electrons. The fraction of sp³-hybridized carbons (Fsp3) is 0.143. The number of aromatic nitrogens is 1. The quantitative estimate of drug-likeness (QED) is 0.646. The Morgan fingerprint density at radius 3 is 2.28 bits per heavy atom. The van der Waals surface area contributed by atoms with Crippen molar-refractivity contribution in [2.45, 2.75) is 12.8 Å². The van der Waals surface area contributed by atoms with E-state index in [4.69, 9.17) is 4.74 Å². The van der Waals surface area contributed by atoms with Crippen molar-refractivity contribution in [1.82, 2.24) is 4.98 Å². The maximum absolute atomic E-state index is 12.0. The van der Waals surface area contributed by atoms with Crippen LogP contribution in [0, 0.1) is 0 Å². The van der Waals surface area contributed by atoms with Gasteiger partial charge in [0.25, 0.3) is 0 Å². The van der Waals surface area contributed by atoms with Crippen LogP contribution in [-0.4, -0.2) is 17.5 Å². The number of hydrogen-bond acceptors (Lipinski definition) is 3. The molecule has 3 aromatic rings. The number of hydrogen-bond donors (Lipinski definition) is 1. The highest BCUT2D eigenvalue weighted by atomic mass is 16.5. The number of carbonyl (C=O) groups excluding carboxylic acids is 1. The number of pyridine rings is 1. The van der Waals surface area contributed by atoms with Gasteiger partial charge in [0, 0.05) is 18.2 Å². The first-order valence-electron chi connectivity index (χ1n) is 8.30. The van der Waals surface area contributed by atoms with E-state index in [1.54, 1.807) is 6.20 Å². The Balaban J connectivity index is 1.43. The SMILES string of the molecule is O=C(CCCOc1ccccc1)Nc1ccc(-c2ccccc2)cn1. The van der Waals surface area contributed by atoms with Gasteiger partial charge in [-0.15, -0.1) is 0 Å². The molecule has 4 heteroatoms. The van der Waals surface area contributed by atoms with Crippen LogP contribution in [0.15, 0.2) is 79.0 Å². The standard InChI is InChI=1S/C21H20N2O2/c24-21(12-7-15-25-19-10-5-2-6-11-19)23-20-14-13-18(16-22-20)17-8-3-1-4-9-17/h1-6,8-11,13-14,16H,7,12,15H2,(H,22,23,24). The zero-order chi connectivity index (χ0) is 17.3. The molecule has 0 saturated heterocycles. The minimum absolute atomic E-state index is 0.0587. The monoisotopic (exact) mass is 332 g/mol. The Kier molecular flexibility index (Phi) is 5.77. The lowest BCUT2D eigenvalue weighted by Crippen LogP contribution is -2.13. The van der Waals surface area contributed by atoms with E-state index in [0.29, 0.717) is 25.3 Å². The summed E-state index contributed by atoms with van der Waals surface area (Å²) in [5.74, 6) is 1.33. The van der Waals surface area contributed by atoms with E-state index in [1.807, 2.05) is 72.8 Å². The van der Waals surface area contributed by atoms with Crippen molar-refractivity contribution in [3.8, 4) is 16.9 Å². The Morgan fingerprint density at radius 2 is 1.60 bits per heavy atom. The van der Waals surface area contributed by atoms with Crippen LogP contribution in [0.2, 0.25) is 0 Å². The van der Waals surface area contributed by atoms with Crippen LogP contribution in [0.5, 0.6) is 5.75 Å². The molecule has 25 heavy (non-hydrogen) atoms. The maximum atomic E-state index is 12.0. The van der Waals surface area contributed by atoms with Crippen LogP contribution in [0.25, 0.3) is 11.1 Å². The molecule has 1 aromatic heterocycles. The van der Waals surface area contributed by atoms with Crippen molar-refractivity contribution in [2.24, 2.45) is 0 Å². The molecule has 4 nitrogen and oxygen atoms in total.